The Balaban J connectivity index is 0.000000446. The SMILES string of the molecule is Brc1cn[nH]c1.C[Si](C)(C)CCOCCl.C[Si](C)(C)CCOCn1cc(Br)cn1. The van der Waals surface area contributed by atoms with Crippen LogP contribution in [0.1, 0.15) is 0 Å². The molecular formula is C18H35Br2ClN4O2Si2. The number of hydrogen-bond donors (Lipinski definition) is 1. The summed E-state index contributed by atoms with van der Waals surface area (Å²) in [6.45, 7) is 16.2. The van der Waals surface area contributed by atoms with Crippen LogP contribution in [0, 0.1) is 0 Å². The minimum Gasteiger partial charge on any atom is -0.366 e. The third-order valence-electron chi connectivity index (χ3n) is 3.36. The van der Waals surface area contributed by atoms with Crippen molar-refractivity contribution < 1.29 is 9.47 Å². The maximum atomic E-state index is 5.52. The van der Waals surface area contributed by atoms with Crippen LogP contribution in [0.4, 0.5) is 0 Å². The number of nitrogens with zero attached hydrogens (tertiary/aromatic N) is 3. The molecule has 0 aromatic carbocycles. The molecule has 0 saturated carbocycles. The lowest BCUT2D eigenvalue weighted by Gasteiger charge is -2.15. The Morgan fingerprint density at radius 3 is 1.90 bits per heavy atom. The molecule has 2 heterocycles. The van der Waals surface area contributed by atoms with E-state index in [9.17, 15) is 0 Å². The van der Waals surface area contributed by atoms with E-state index >= 15 is 0 Å². The van der Waals surface area contributed by atoms with Gasteiger partial charge in [-0.2, -0.15) is 10.2 Å². The Morgan fingerprint density at radius 2 is 1.55 bits per heavy atom. The Labute approximate surface area is 199 Å². The quantitative estimate of drug-likeness (QED) is 0.201. The summed E-state index contributed by atoms with van der Waals surface area (Å²) >= 11 is 11.9. The van der Waals surface area contributed by atoms with Crippen molar-refractivity contribution in [3.05, 3.63) is 33.7 Å². The smallest absolute Gasteiger partial charge is 0.139 e. The van der Waals surface area contributed by atoms with Crippen LogP contribution in [-0.2, 0) is 16.2 Å². The average molecular weight is 591 g/mol. The number of rotatable bonds is 9. The highest BCUT2D eigenvalue weighted by atomic mass is 79.9. The van der Waals surface area contributed by atoms with Crippen molar-refractivity contribution in [2.24, 2.45) is 0 Å². The number of hydrogen-bond acceptors (Lipinski definition) is 4. The lowest BCUT2D eigenvalue weighted by atomic mass is 10.7. The minimum absolute atomic E-state index is 0.338. The molecule has 0 unspecified atom stereocenters. The fourth-order valence-corrected chi connectivity index (χ4v) is 3.77. The van der Waals surface area contributed by atoms with Gasteiger partial charge >= 0.3 is 0 Å². The first-order chi connectivity index (χ1) is 13.4. The first-order valence-corrected chi connectivity index (χ1v) is 19.0. The van der Waals surface area contributed by atoms with Crippen LogP contribution in [0.5, 0.6) is 0 Å². The van der Waals surface area contributed by atoms with E-state index in [2.05, 4.69) is 86.4 Å². The number of alkyl halides is 1. The molecule has 168 valence electrons. The highest BCUT2D eigenvalue weighted by molar-refractivity contribution is 9.10. The van der Waals surface area contributed by atoms with Crippen LogP contribution in [0.25, 0.3) is 0 Å². The fourth-order valence-electron chi connectivity index (χ4n) is 1.61. The van der Waals surface area contributed by atoms with E-state index in [4.69, 9.17) is 21.1 Å². The average Bonchev–Trinajstić information content (AvgIpc) is 3.22. The van der Waals surface area contributed by atoms with E-state index in [-0.39, 0.29) is 0 Å². The molecule has 6 nitrogen and oxygen atoms in total. The fraction of sp³-hybridized carbons (Fsp3) is 0.667. The molecule has 0 saturated heterocycles. The van der Waals surface area contributed by atoms with Crippen LogP contribution in [0.15, 0.2) is 33.7 Å². The van der Waals surface area contributed by atoms with Crippen LogP contribution in [0.3, 0.4) is 0 Å². The number of H-pyrrole nitrogens is 1. The van der Waals surface area contributed by atoms with Gasteiger partial charge in [-0.3, -0.25) is 5.10 Å². The van der Waals surface area contributed by atoms with Gasteiger partial charge in [0.2, 0.25) is 0 Å². The van der Waals surface area contributed by atoms with Gasteiger partial charge in [0, 0.05) is 41.8 Å². The van der Waals surface area contributed by atoms with Crippen molar-refractivity contribution in [1.82, 2.24) is 20.0 Å². The molecule has 29 heavy (non-hydrogen) atoms. The largest absolute Gasteiger partial charge is 0.366 e. The molecule has 0 radical (unpaired) electrons. The molecule has 2 aromatic rings. The molecule has 0 aliphatic heterocycles. The van der Waals surface area contributed by atoms with Crippen LogP contribution in [-0.4, -0.2) is 55.4 Å². The van der Waals surface area contributed by atoms with Gasteiger partial charge in [0.1, 0.15) is 12.8 Å². The molecule has 2 aromatic heterocycles. The number of halogens is 3. The van der Waals surface area contributed by atoms with Crippen molar-refractivity contribution in [2.75, 3.05) is 19.3 Å². The Bertz CT molecular complexity index is 633. The first-order valence-electron chi connectivity index (χ1n) is 9.46. The summed E-state index contributed by atoms with van der Waals surface area (Å²) in [5.74, 6) is 0. The van der Waals surface area contributed by atoms with Crippen molar-refractivity contribution in [2.45, 2.75) is 58.1 Å². The van der Waals surface area contributed by atoms with E-state index in [1.807, 2.05) is 6.20 Å². The molecule has 11 heteroatoms. The van der Waals surface area contributed by atoms with Crippen LogP contribution < -0.4 is 0 Å². The molecule has 0 aliphatic rings. The van der Waals surface area contributed by atoms with E-state index in [0.29, 0.717) is 12.8 Å². The molecule has 1 N–H and O–H groups in total. The Morgan fingerprint density at radius 1 is 0.966 bits per heavy atom. The predicted octanol–water partition coefficient (Wildman–Crippen LogP) is 6.67. The molecule has 0 aliphatic carbocycles. The topological polar surface area (TPSA) is 65.0 Å². The standard InChI is InChI=1S/C9H17BrN2OSi.C6H15ClOSi.C3H3BrN2/c1-14(2,3)5-4-13-8-12-7-9(10)6-11-12;1-9(2,3)5-4-8-6-7;4-3-1-5-6-2-3/h6-7H,4-5,8H2,1-3H3;4-6H2,1-3H3;1-2H,(H,5,6). The minimum atomic E-state index is -0.954. The second-order valence-corrected chi connectivity index (χ2v) is 22.1. The van der Waals surface area contributed by atoms with Gasteiger partial charge in [-0.25, -0.2) is 4.68 Å². The summed E-state index contributed by atoms with van der Waals surface area (Å²) in [7, 11) is -1.83. The Kier molecular flexibility index (Phi) is 15.8. The normalized spacial score (nSPS) is 11.3. The zero-order valence-corrected chi connectivity index (χ0v) is 24.3. The third-order valence-corrected chi connectivity index (χ3v) is 7.77. The number of ether oxygens (including phenoxy) is 2. The summed E-state index contributed by atoms with van der Waals surface area (Å²) < 4.78 is 14.3. The van der Waals surface area contributed by atoms with E-state index < -0.39 is 16.1 Å². The van der Waals surface area contributed by atoms with Crippen LogP contribution in [0.2, 0.25) is 51.4 Å². The maximum Gasteiger partial charge on any atom is 0.139 e. The summed E-state index contributed by atoms with van der Waals surface area (Å²) in [5, 5.41) is 10.4. The second-order valence-electron chi connectivity index (χ2n) is 8.79. The number of nitrogens with one attached hydrogen (secondary N) is 1. The van der Waals surface area contributed by atoms with Crippen molar-refractivity contribution in [3.63, 3.8) is 0 Å². The molecule has 0 spiro atoms. The van der Waals surface area contributed by atoms with Gasteiger partial charge in [0.25, 0.3) is 0 Å². The number of aromatic amines is 1. The van der Waals surface area contributed by atoms with E-state index in [1.54, 1.807) is 23.3 Å². The lowest BCUT2D eigenvalue weighted by Crippen LogP contribution is -2.22. The Hall–Kier alpha value is 0.0238. The molecule has 0 bridgehead atoms. The second kappa shape index (κ2) is 15.8. The molecule has 2 rings (SSSR count). The van der Waals surface area contributed by atoms with Gasteiger partial charge < -0.3 is 9.47 Å². The molecule has 0 atom stereocenters. The predicted molar refractivity (Wildman–Crippen MR) is 135 cm³/mol. The van der Waals surface area contributed by atoms with Gasteiger partial charge in [0.05, 0.1) is 21.3 Å². The zero-order chi connectivity index (χ0) is 22.3. The van der Waals surface area contributed by atoms with E-state index in [0.717, 1.165) is 22.2 Å². The van der Waals surface area contributed by atoms with Gasteiger partial charge in [-0.05, 0) is 43.9 Å². The summed E-state index contributed by atoms with van der Waals surface area (Å²) in [4.78, 5) is 0. The molecule has 0 fully saturated rings. The van der Waals surface area contributed by atoms with Crippen molar-refractivity contribution in [3.8, 4) is 0 Å². The molecule has 0 amide bonds. The summed E-state index contributed by atoms with van der Waals surface area (Å²) in [6, 6.07) is 2.75. The highest BCUT2D eigenvalue weighted by Crippen LogP contribution is 2.09. The maximum absolute atomic E-state index is 5.52. The van der Waals surface area contributed by atoms with Crippen LogP contribution >= 0.6 is 43.5 Å². The van der Waals surface area contributed by atoms with E-state index in [1.165, 1.54) is 12.1 Å². The van der Waals surface area contributed by atoms with Gasteiger partial charge in [-0.1, -0.05) is 50.9 Å². The summed E-state index contributed by atoms with van der Waals surface area (Å²) in [6.07, 6.45) is 7.14. The van der Waals surface area contributed by atoms with Crippen molar-refractivity contribution in [1.29, 1.82) is 0 Å². The highest BCUT2D eigenvalue weighted by Gasteiger charge is 2.12. The third kappa shape index (κ3) is 21.1. The zero-order valence-electron chi connectivity index (χ0n) is 18.3. The number of aromatic nitrogens is 4. The van der Waals surface area contributed by atoms with Gasteiger partial charge in [0.15, 0.2) is 0 Å². The lowest BCUT2D eigenvalue weighted by molar-refractivity contribution is 0.0785. The first kappa shape index (κ1) is 29.0. The van der Waals surface area contributed by atoms with Gasteiger partial charge in [-0.15, -0.1) is 0 Å². The van der Waals surface area contributed by atoms with Crippen molar-refractivity contribution >= 4 is 59.6 Å². The summed E-state index contributed by atoms with van der Waals surface area (Å²) in [5.41, 5.74) is 0. The monoisotopic (exact) mass is 588 g/mol. The molecular weight excluding hydrogens is 556 g/mol.